The van der Waals surface area contributed by atoms with Crippen LogP contribution in [0.5, 0.6) is 0 Å². The van der Waals surface area contributed by atoms with E-state index in [1.54, 1.807) is 30.3 Å². The number of amides is 2. The van der Waals surface area contributed by atoms with E-state index in [0.717, 1.165) is 29.6 Å². The van der Waals surface area contributed by atoms with Crippen molar-refractivity contribution in [1.29, 1.82) is 5.26 Å². The standard InChI is InChI=1S/C22H25N7O3/c1-3-28(4-2)10-8-24-21(30)27-20-12-18(16(13-23)14-25-20)26-17-5-6-19-15(11-17)7-9-29(19)22(31)32/h5-7,9,11-12,14H,3-4,8,10H2,1-2H3,(H,31,32)(H3,24,25,26,27,30). The summed E-state index contributed by atoms with van der Waals surface area (Å²) in [6.07, 6.45) is 1.80. The van der Waals surface area contributed by atoms with Crippen molar-refractivity contribution in [3.63, 3.8) is 0 Å². The van der Waals surface area contributed by atoms with E-state index < -0.39 is 6.09 Å². The number of likely N-dealkylation sites (N-methyl/N-ethyl adjacent to an activating group) is 1. The van der Waals surface area contributed by atoms with Crippen molar-refractivity contribution in [2.75, 3.05) is 36.8 Å². The van der Waals surface area contributed by atoms with Gasteiger partial charge < -0.3 is 20.6 Å². The molecule has 0 aliphatic rings. The number of nitriles is 1. The van der Waals surface area contributed by atoms with Gasteiger partial charge in [-0.3, -0.25) is 9.88 Å². The van der Waals surface area contributed by atoms with Gasteiger partial charge in [0.1, 0.15) is 11.9 Å². The van der Waals surface area contributed by atoms with Gasteiger partial charge in [0.15, 0.2) is 0 Å². The van der Waals surface area contributed by atoms with Gasteiger partial charge in [0.05, 0.1) is 16.8 Å². The van der Waals surface area contributed by atoms with E-state index in [1.807, 2.05) is 0 Å². The number of carboxylic acid groups (broad SMARTS) is 1. The van der Waals surface area contributed by atoms with Crippen molar-refractivity contribution in [3.8, 4) is 6.07 Å². The topological polar surface area (TPSA) is 135 Å². The second kappa shape index (κ2) is 10.3. The second-order valence-electron chi connectivity index (χ2n) is 7.00. The van der Waals surface area contributed by atoms with E-state index in [-0.39, 0.29) is 6.03 Å². The minimum Gasteiger partial charge on any atom is -0.464 e. The Hall–Kier alpha value is -4.10. The zero-order valence-corrected chi connectivity index (χ0v) is 17.9. The number of benzene rings is 1. The Morgan fingerprint density at radius 3 is 2.69 bits per heavy atom. The molecule has 10 heteroatoms. The first-order chi connectivity index (χ1) is 15.4. The molecule has 2 aromatic heterocycles. The molecule has 0 aliphatic carbocycles. The van der Waals surface area contributed by atoms with Crippen LogP contribution in [0.1, 0.15) is 19.4 Å². The highest BCUT2D eigenvalue weighted by atomic mass is 16.4. The molecule has 0 aliphatic heterocycles. The first kappa shape index (κ1) is 22.6. The number of aromatic nitrogens is 2. The lowest BCUT2D eigenvalue weighted by Gasteiger charge is -2.18. The maximum atomic E-state index is 12.2. The molecule has 0 unspecified atom stereocenters. The van der Waals surface area contributed by atoms with Crippen LogP contribution in [-0.2, 0) is 0 Å². The first-order valence-electron chi connectivity index (χ1n) is 10.2. The maximum absolute atomic E-state index is 12.2. The van der Waals surface area contributed by atoms with Gasteiger partial charge in [0, 0.05) is 42.6 Å². The summed E-state index contributed by atoms with van der Waals surface area (Å²) in [6.45, 7) is 7.22. The quantitative estimate of drug-likeness (QED) is 0.424. The van der Waals surface area contributed by atoms with Crippen LogP contribution in [0, 0.1) is 11.3 Å². The second-order valence-corrected chi connectivity index (χ2v) is 7.00. The monoisotopic (exact) mass is 435 g/mol. The highest BCUT2D eigenvalue weighted by Crippen LogP contribution is 2.26. The van der Waals surface area contributed by atoms with Gasteiger partial charge in [-0.2, -0.15) is 5.26 Å². The molecule has 1 aromatic carbocycles. The number of hydrogen-bond donors (Lipinski definition) is 4. The molecule has 0 fully saturated rings. The molecule has 0 atom stereocenters. The fraction of sp³-hybridized carbons (Fsp3) is 0.273. The highest BCUT2D eigenvalue weighted by Gasteiger charge is 2.11. The average molecular weight is 435 g/mol. The number of anilines is 3. The Labute approximate surface area is 185 Å². The number of rotatable bonds is 8. The summed E-state index contributed by atoms with van der Waals surface area (Å²) in [5.41, 5.74) is 2.00. The minimum absolute atomic E-state index is 0.296. The zero-order chi connectivity index (χ0) is 23.1. The lowest BCUT2D eigenvalue weighted by atomic mass is 10.2. The fourth-order valence-corrected chi connectivity index (χ4v) is 3.29. The number of carbonyl (C=O) groups excluding carboxylic acids is 1. The van der Waals surface area contributed by atoms with Crippen LogP contribution in [0.4, 0.5) is 26.8 Å². The summed E-state index contributed by atoms with van der Waals surface area (Å²) >= 11 is 0. The van der Waals surface area contributed by atoms with Crippen LogP contribution in [0.3, 0.4) is 0 Å². The first-order valence-corrected chi connectivity index (χ1v) is 10.2. The van der Waals surface area contributed by atoms with Gasteiger partial charge in [-0.05, 0) is 37.4 Å². The maximum Gasteiger partial charge on any atom is 0.415 e. The smallest absolute Gasteiger partial charge is 0.415 e. The van der Waals surface area contributed by atoms with Crippen LogP contribution in [0.2, 0.25) is 0 Å². The number of hydrogen-bond acceptors (Lipinski definition) is 6. The average Bonchev–Trinajstić information content (AvgIpc) is 3.20. The molecule has 3 aromatic rings. The number of nitrogens with zero attached hydrogens (tertiary/aromatic N) is 4. The number of pyridine rings is 1. The number of urea groups is 1. The molecule has 32 heavy (non-hydrogen) atoms. The molecule has 166 valence electrons. The summed E-state index contributed by atoms with van der Waals surface area (Å²) in [4.78, 5) is 29.8. The van der Waals surface area contributed by atoms with Crippen LogP contribution in [0.25, 0.3) is 10.9 Å². The van der Waals surface area contributed by atoms with E-state index in [9.17, 15) is 20.0 Å². The van der Waals surface area contributed by atoms with Gasteiger partial charge in [-0.25, -0.2) is 14.6 Å². The van der Waals surface area contributed by atoms with Crippen LogP contribution in [-0.4, -0.2) is 57.9 Å². The SMILES string of the molecule is CCN(CC)CCNC(=O)Nc1cc(Nc2ccc3c(ccn3C(=O)O)c2)c(C#N)cn1. The Bertz CT molecular complexity index is 1160. The molecule has 0 radical (unpaired) electrons. The van der Waals surface area contributed by atoms with Gasteiger partial charge >= 0.3 is 12.1 Å². The predicted octanol–water partition coefficient (Wildman–Crippen LogP) is 3.64. The minimum atomic E-state index is -1.06. The van der Waals surface area contributed by atoms with Crippen molar-refractivity contribution in [2.45, 2.75) is 13.8 Å². The Morgan fingerprint density at radius 2 is 2.00 bits per heavy atom. The van der Waals surface area contributed by atoms with E-state index >= 15 is 0 Å². The highest BCUT2D eigenvalue weighted by molar-refractivity contribution is 5.92. The lowest BCUT2D eigenvalue weighted by molar-refractivity contribution is 0.197. The Kier molecular flexibility index (Phi) is 7.25. The fourth-order valence-electron chi connectivity index (χ4n) is 3.29. The van der Waals surface area contributed by atoms with E-state index in [0.29, 0.717) is 34.8 Å². The third-order valence-corrected chi connectivity index (χ3v) is 5.05. The van der Waals surface area contributed by atoms with Crippen molar-refractivity contribution < 1.29 is 14.7 Å². The molecule has 4 N–H and O–H groups in total. The van der Waals surface area contributed by atoms with Crippen LogP contribution in [0.15, 0.2) is 42.7 Å². The van der Waals surface area contributed by atoms with Gasteiger partial charge in [-0.15, -0.1) is 0 Å². The molecule has 2 heterocycles. The zero-order valence-electron chi connectivity index (χ0n) is 17.9. The third kappa shape index (κ3) is 5.33. The Morgan fingerprint density at radius 1 is 1.22 bits per heavy atom. The van der Waals surface area contributed by atoms with Gasteiger partial charge in [0.25, 0.3) is 0 Å². The number of fused-ring (bicyclic) bond motifs is 1. The predicted molar refractivity (Wildman–Crippen MR) is 122 cm³/mol. The summed E-state index contributed by atoms with van der Waals surface area (Å²) in [6, 6.07) is 10.2. The molecule has 10 nitrogen and oxygen atoms in total. The molecular formula is C22H25N7O3. The van der Waals surface area contributed by atoms with Crippen molar-refractivity contribution >= 4 is 40.2 Å². The molecule has 0 saturated heterocycles. The summed E-state index contributed by atoms with van der Waals surface area (Å²) in [5, 5.41) is 28.0. The van der Waals surface area contributed by atoms with Crippen LogP contribution >= 0.6 is 0 Å². The molecule has 0 bridgehead atoms. The van der Waals surface area contributed by atoms with Crippen LogP contribution < -0.4 is 16.0 Å². The van der Waals surface area contributed by atoms with Gasteiger partial charge in [-0.1, -0.05) is 13.8 Å². The molecule has 0 spiro atoms. The number of nitrogens with one attached hydrogen (secondary N) is 3. The third-order valence-electron chi connectivity index (χ3n) is 5.05. The number of carbonyl (C=O) groups is 2. The summed E-state index contributed by atoms with van der Waals surface area (Å²) in [7, 11) is 0. The molecule has 2 amide bonds. The summed E-state index contributed by atoms with van der Waals surface area (Å²) < 4.78 is 1.13. The molecule has 3 rings (SSSR count). The van der Waals surface area contributed by atoms with Crippen molar-refractivity contribution in [1.82, 2.24) is 19.8 Å². The summed E-state index contributed by atoms with van der Waals surface area (Å²) in [5.74, 6) is 0.296. The lowest BCUT2D eigenvalue weighted by Crippen LogP contribution is -2.37. The van der Waals surface area contributed by atoms with E-state index in [2.05, 4.69) is 45.8 Å². The van der Waals surface area contributed by atoms with Crippen molar-refractivity contribution in [3.05, 3.63) is 48.3 Å². The van der Waals surface area contributed by atoms with E-state index in [1.165, 1.54) is 12.4 Å². The largest absolute Gasteiger partial charge is 0.464 e. The van der Waals surface area contributed by atoms with Gasteiger partial charge in [0.2, 0.25) is 0 Å². The Balaban J connectivity index is 1.71. The molecular weight excluding hydrogens is 410 g/mol. The van der Waals surface area contributed by atoms with Crippen molar-refractivity contribution in [2.24, 2.45) is 0 Å². The van der Waals surface area contributed by atoms with E-state index in [4.69, 9.17) is 0 Å². The molecule has 0 saturated carbocycles. The normalized spacial score (nSPS) is 10.7.